The molecule has 1 saturated heterocycles. The van der Waals surface area contributed by atoms with E-state index < -0.39 is 17.7 Å². The van der Waals surface area contributed by atoms with Crippen LogP contribution in [-0.2, 0) is 11.3 Å². The molecule has 0 bridgehead atoms. The van der Waals surface area contributed by atoms with Gasteiger partial charge in [-0.3, -0.25) is 19.3 Å². The molecule has 8 heteroatoms. The van der Waals surface area contributed by atoms with Crippen molar-refractivity contribution in [1.82, 2.24) is 20.2 Å². The summed E-state index contributed by atoms with van der Waals surface area (Å²) in [7, 11) is 0. The number of nitrogens with one attached hydrogen (secondary N) is 1. The van der Waals surface area contributed by atoms with E-state index in [0.29, 0.717) is 22.8 Å². The van der Waals surface area contributed by atoms with E-state index in [4.69, 9.17) is 0 Å². The molecule has 3 heterocycles. The number of rotatable bonds is 5. The second-order valence-corrected chi connectivity index (χ2v) is 6.56. The fourth-order valence-corrected chi connectivity index (χ4v) is 3.32. The molecule has 8 nitrogen and oxygen atoms in total. The number of carbonyl (C=O) groups excluding carboxylic acids is 3. The van der Waals surface area contributed by atoms with Crippen molar-refractivity contribution >= 4 is 23.7 Å². The van der Waals surface area contributed by atoms with E-state index in [-0.39, 0.29) is 13.1 Å². The fourth-order valence-electron chi connectivity index (χ4n) is 3.32. The summed E-state index contributed by atoms with van der Waals surface area (Å²) in [4.78, 5) is 48.7. The quantitative estimate of drug-likeness (QED) is 0.794. The summed E-state index contributed by atoms with van der Waals surface area (Å²) in [5.74, 6) is -0.626. The molecular formula is C19H19N5O3. The van der Waals surface area contributed by atoms with Gasteiger partial charge >= 0.3 is 0 Å². The van der Waals surface area contributed by atoms with Gasteiger partial charge in [0.1, 0.15) is 6.54 Å². The van der Waals surface area contributed by atoms with Crippen LogP contribution in [0.3, 0.4) is 0 Å². The van der Waals surface area contributed by atoms with E-state index in [0.717, 1.165) is 30.8 Å². The van der Waals surface area contributed by atoms with Crippen LogP contribution in [0, 0.1) is 0 Å². The Balaban J connectivity index is 1.36. The van der Waals surface area contributed by atoms with Gasteiger partial charge in [-0.2, -0.15) is 0 Å². The van der Waals surface area contributed by atoms with Crippen molar-refractivity contribution in [2.75, 3.05) is 24.5 Å². The predicted octanol–water partition coefficient (Wildman–Crippen LogP) is 0.989. The lowest BCUT2D eigenvalue weighted by atomic mass is 10.1. The number of amides is 3. The van der Waals surface area contributed by atoms with E-state index >= 15 is 0 Å². The largest absolute Gasteiger partial charge is 0.349 e. The average Bonchev–Trinajstić information content (AvgIpc) is 3.31. The van der Waals surface area contributed by atoms with E-state index in [1.807, 2.05) is 0 Å². The number of hydrogen-bond donors (Lipinski definition) is 1. The molecule has 1 fully saturated rings. The molecule has 0 spiro atoms. The molecule has 0 radical (unpaired) electrons. The Kier molecular flexibility index (Phi) is 4.53. The van der Waals surface area contributed by atoms with Crippen LogP contribution < -0.4 is 10.2 Å². The number of anilines is 1. The number of carbonyl (C=O) groups is 3. The van der Waals surface area contributed by atoms with Gasteiger partial charge < -0.3 is 10.2 Å². The molecule has 1 aromatic heterocycles. The Morgan fingerprint density at radius 3 is 2.37 bits per heavy atom. The zero-order valence-corrected chi connectivity index (χ0v) is 14.7. The molecule has 0 aliphatic carbocycles. The molecule has 4 rings (SSSR count). The number of fused-ring (bicyclic) bond motifs is 1. The van der Waals surface area contributed by atoms with Gasteiger partial charge in [0, 0.05) is 19.3 Å². The number of hydrogen-bond acceptors (Lipinski definition) is 6. The fraction of sp³-hybridized carbons (Fsp3) is 0.316. The molecule has 3 amide bonds. The van der Waals surface area contributed by atoms with Crippen molar-refractivity contribution in [3.8, 4) is 0 Å². The third kappa shape index (κ3) is 3.38. The standard InChI is InChI=1S/C19H19N5O3/c25-16(12-24-17(26)14-5-1-2-6-15(14)18(24)27)21-11-13-7-8-20-19(22-13)23-9-3-4-10-23/h1-2,5-8H,3-4,9-12H2,(H,21,25). The van der Waals surface area contributed by atoms with Crippen molar-refractivity contribution in [3.63, 3.8) is 0 Å². The SMILES string of the molecule is O=C(CN1C(=O)c2ccccc2C1=O)NCc1ccnc(N2CCCC2)n1. The minimum absolute atomic E-state index is 0.214. The number of nitrogens with zero attached hydrogens (tertiary/aromatic N) is 4. The summed E-state index contributed by atoms with van der Waals surface area (Å²) < 4.78 is 0. The lowest BCUT2D eigenvalue weighted by Gasteiger charge is -2.16. The van der Waals surface area contributed by atoms with Gasteiger partial charge in [0.25, 0.3) is 11.8 Å². The highest BCUT2D eigenvalue weighted by atomic mass is 16.2. The van der Waals surface area contributed by atoms with Gasteiger partial charge in [0.05, 0.1) is 23.4 Å². The van der Waals surface area contributed by atoms with Crippen molar-refractivity contribution in [1.29, 1.82) is 0 Å². The van der Waals surface area contributed by atoms with Gasteiger partial charge in [0.15, 0.2) is 0 Å². The second-order valence-electron chi connectivity index (χ2n) is 6.56. The monoisotopic (exact) mass is 365 g/mol. The van der Waals surface area contributed by atoms with Crippen molar-refractivity contribution in [3.05, 3.63) is 53.3 Å². The normalized spacial score (nSPS) is 16.0. The van der Waals surface area contributed by atoms with Crippen LogP contribution in [0.1, 0.15) is 39.3 Å². The zero-order chi connectivity index (χ0) is 18.8. The molecule has 0 unspecified atom stereocenters. The van der Waals surface area contributed by atoms with Crippen LogP contribution in [0.4, 0.5) is 5.95 Å². The summed E-state index contributed by atoms with van der Waals surface area (Å²) in [6.07, 6.45) is 3.93. The molecule has 2 aliphatic heterocycles. The summed E-state index contributed by atoms with van der Waals surface area (Å²) in [6, 6.07) is 8.31. The lowest BCUT2D eigenvalue weighted by molar-refractivity contribution is -0.121. The van der Waals surface area contributed by atoms with Crippen LogP contribution in [0.25, 0.3) is 0 Å². The molecule has 138 valence electrons. The van der Waals surface area contributed by atoms with E-state index in [1.165, 1.54) is 0 Å². The molecular weight excluding hydrogens is 346 g/mol. The van der Waals surface area contributed by atoms with Crippen LogP contribution in [-0.4, -0.2) is 52.2 Å². The molecule has 2 aliphatic rings. The first-order valence-electron chi connectivity index (χ1n) is 8.92. The first kappa shape index (κ1) is 17.1. The van der Waals surface area contributed by atoms with Gasteiger partial charge in [-0.15, -0.1) is 0 Å². The zero-order valence-electron chi connectivity index (χ0n) is 14.7. The third-order valence-electron chi connectivity index (χ3n) is 4.74. The van der Waals surface area contributed by atoms with Gasteiger partial charge in [-0.05, 0) is 31.0 Å². The van der Waals surface area contributed by atoms with Crippen molar-refractivity contribution < 1.29 is 14.4 Å². The Bertz CT molecular complexity index is 873. The number of aromatic nitrogens is 2. The molecule has 27 heavy (non-hydrogen) atoms. The maximum atomic E-state index is 12.3. The highest BCUT2D eigenvalue weighted by Crippen LogP contribution is 2.22. The van der Waals surface area contributed by atoms with E-state index in [2.05, 4.69) is 20.2 Å². The molecule has 0 atom stereocenters. The topological polar surface area (TPSA) is 95.5 Å². The summed E-state index contributed by atoms with van der Waals surface area (Å²) >= 11 is 0. The maximum Gasteiger partial charge on any atom is 0.262 e. The van der Waals surface area contributed by atoms with Gasteiger partial charge in [-0.1, -0.05) is 12.1 Å². The third-order valence-corrected chi connectivity index (χ3v) is 4.74. The minimum atomic E-state index is -0.441. The molecule has 0 saturated carbocycles. The number of benzene rings is 1. The Labute approximate surface area is 156 Å². The van der Waals surface area contributed by atoms with Gasteiger partial charge in [0.2, 0.25) is 11.9 Å². The average molecular weight is 365 g/mol. The first-order valence-corrected chi connectivity index (χ1v) is 8.92. The van der Waals surface area contributed by atoms with Crippen molar-refractivity contribution in [2.24, 2.45) is 0 Å². The van der Waals surface area contributed by atoms with Crippen LogP contribution in [0.5, 0.6) is 0 Å². The lowest BCUT2D eigenvalue weighted by Crippen LogP contribution is -2.40. The first-order chi connectivity index (χ1) is 13.1. The number of imide groups is 1. The van der Waals surface area contributed by atoms with Gasteiger partial charge in [-0.25, -0.2) is 9.97 Å². The Morgan fingerprint density at radius 2 is 1.70 bits per heavy atom. The Hall–Kier alpha value is -3.29. The van der Waals surface area contributed by atoms with Crippen LogP contribution in [0.15, 0.2) is 36.5 Å². The highest BCUT2D eigenvalue weighted by Gasteiger charge is 2.36. The highest BCUT2D eigenvalue weighted by molar-refractivity contribution is 6.22. The van der Waals surface area contributed by atoms with E-state index in [9.17, 15) is 14.4 Å². The van der Waals surface area contributed by atoms with Crippen molar-refractivity contribution in [2.45, 2.75) is 19.4 Å². The summed E-state index contributed by atoms with van der Waals surface area (Å²) in [5.41, 5.74) is 1.35. The Morgan fingerprint density at radius 1 is 1.04 bits per heavy atom. The molecule has 1 aromatic carbocycles. The maximum absolute atomic E-state index is 12.3. The second kappa shape index (κ2) is 7.14. The molecule has 2 aromatic rings. The smallest absolute Gasteiger partial charge is 0.262 e. The summed E-state index contributed by atoms with van der Waals surface area (Å²) in [5, 5.41) is 2.72. The van der Waals surface area contributed by atoms with Crippen LogP contribution in [0.2, 0.25) is 0 Å². The van der Waals surface area contributed by atoms with Crippen LogP contribution >= 0.6 is 0 Å². The molecule has 1 N–H and O–H groups in total. The van der Waals surface area contributed by atoms with E-state index in [1.54, 1.807) is 36.5 Å². The summed E-state index contributed by atoms with van der Waals surface area (Å²) in [6.45, 7) is 1.78. The predicted molar refractivity (Wildman–Crippen MR) is 97.1 cm³/mol. The minimum Gasteiger partial charge on any atom is -0.349 e.